The van der Waals surface area contributed by atoms with E-state index in [9.17, 15) is 4.79 Å². The molecule has 1 aliphatic rings. The van der Waals surface area contributed by atoms with Crippen LogP contribution in [0.15, 0.2) is 60.9 Å². The fourth-order valence-corrected chi connectivity index (χ4v) is 2.86. The van der Waals surface area contributed by atoms with Gasteiger partial charge in [0.25, 0.3) is 5.91 Å². The first-order chi connectivity index (χ1) is 12.2. The Labute approximate surface area is 145 Å². The van der Waals surface area contributed by atoms with Crippen LogP contribution >= 0.6 is 0 Å². The van der Waals surface area contributed by atoms with Gasteiger partial charge in [0.1, 0.15) is 17.6 Å². The first-order valence-corrected chi connectivity index (χ1v) is 8.13. The number of nitrogens with one attached hydrogen (secondary N) is 3. The van der Waals surface area contributed by atoms with E-state index in [1.807, 2.05) is 48.5 Å². The maximum Gasteiger partial charge on any atom is 0.265 e. The van der Waals surface area contributed by atoms with Gasteiger partial charge in [0.2, 0.25) is 0 Å². The van der Waals surface area contributed by atoms with E-state index >= 15 is 0 Å². The lowest BCUT2D eigenvalue weighted by Crippen LogP contribution is -2.34. The van der Waals surface area contributed by atoms with Crippen LogP contribution in [-0.2, 0) is 4.79 Å². The number of hydrogen-bond donors (Lipinski definition) is 3. The molecule has 0 fully saturated rings. The lowest BCUT2D eigenvalue weighted by molar-refractivity contribution is -0.122. The summed E-state index contributed by atoms with van der Waals surface area (Å²) in [6.45, 7) is 1.73. The van der Waals surface area contributed by atoms with Crippen LogP contribution in [0.2, 0.25) is 0 Å². The van der Waals surface area contributed by atoms with Crippen LogP contribution in [0.4, 0.5) is 11.4 Å². The van der Waals surface area contributed by atoms with Gasteiger partial charge in [0, 0.05) is 18.1 Å². The number of anilines is 2. The summed E-state index contributed by atoms with van der Waals surface area (Å²) in [5.41, 5.74) is 2.62. The number of aromatic amines is 1. The molecule has 0 aliphatic carbocycles. The van der Waals surface area contributed by atoms with Crippen LogP contribution in [0.25, 0.3) is 0 Å². The molecule has 6 heteroatoms. The number of aromatic nitrogens is 2. The van der Waals surface area contributed by atoms with Gasteiger partial charge in [-0.05, 0) is 30.7 Å². The summed E-state index contributed by atoms with van der Waals surface area (Å²) >= 11 is 0. The van der Waals surface area contributed by atoms with E-state index < -0.39 is 6.10 Å². The molecule has 1 aliphatic heterocycles. The summed E-state index contributed by atoms with van der Waals surface area (Å²) in [7, 11) is 0. The van der Waals surface area contributed by atoms with E-state index in [-0.39, 0.29) is 11.9 Å². The molecule has 4 rings (SSSR count). The molecule has 126 valence electrons. The number of amides is 1. The average molecular weight is 334 g/mol. The molecule has 0 radical (unpaired) electrons. The highest BCUT2D eigenvalue weighted by atomic mass is 16.5. The summed E-state index contributed by atoms with van der Waals surface area (Å²) < 4.78 is 5.60. The largest absolute Gasteiger partial charge is 0.479 e. The first-order valence-electron chi connectivity index (χ1n) is 8.13. The molecule has 3 N–H and O–H groups in total. The third-order valence-electron chi connectivity index (χ3n) is 4.15. The molecule has 1 amide bonds. The van der Waals surface area contributed by atoms with E-state index in [1.54, 1.807) is 19.3 Å². The Hall–Kier alpha value is -3.28. The zero-order chi connectivity index (χ0) is 17.2. The minimum absolute atomic E-state index is 0.131. The minimum Gasteiger partial charge on any atom is -0.479 e. The van der Waals surface area contributed by atoms with Crippen molar-refractivity contribution in [1.29, 1.82) is 0 Å². The van der Waals surface area contributed by atoms with Gasteiger partial charge in [-0.2, -0.15) is 0 Å². The molecule has 2 aromatic carbocycles. The number of carbonyl (C=O) groups excluding carboxylic acids is 1. The van der Waals surface area contributed by atoms with Crippen LogP contribution in [0, 0.1) is 0 Å². The molecule has 0 spiro atoms. The first kappa shape index (κ1) is 15.3. The second-order valence-electron chi connectivity index (χ2n) is 5.92. The van der Waals surface area contributed by atoms with Crippen LogP contribution in [0.5, 0.6) is 5.75 Å². The van der Waals surface area contributed by atoms with E-state index in [2.05, 4.69) is 20.6 Å². The summed E-state index contributed by atoms with van der Waals surface area (Å²) in [5, 5.41) is 6.34. The molecule has 6 nitrogen and oxygen atoms in total. The number of carbonyl (C=O) groups is 1. The molecule has 0 saturated heterocycles. The third kappa shape index (κ3) is 3.06. The molecule has 1 aromatic heterocycles. The van der Waals surface area contributed by atoms with Crippen molar-refractivity contribution < 1.29 is 9.53 Å². The lowest BCUT2D eigenvalue weighted by Gasteiger charge is -2.25. The van der Waals surface area contributed by atoms with Crippen molar-refractivity contribution in [2.24, 2.45) is 0 Å². The van der Waals surface area contributed by atoms with Crippen LogP contribution in [-0.4, -0.2) is 22.0 Å². The summed E-state index contributed by atoms with van der Waals surface area (Å²) in [6, 6.07) is 15.6. The van der Waals surface area contributed by atoms with Gasteiger partial charge in [-0.15, -0.1) is 0 Å². The Balaban J connectivity index is 1.65. The van der Waals surface area contributed by atoms with E-state index in [0.29, 0.717) is 11.4 Å². The average Bonchev–Trinajstić information content (AvgIpc) is 3.16. The number of benzene rings is 2. The molecular formula is C19H18N4O2. The van der Waals surface area contributed by atoms with Crippen molar-refractivity contribution in [3.05, 3.63) is 72.3 Å². The number of ether oxygens (including phenoxy) is 1. The standard InChI is InChI=1S/C19H18N4O2/c1-12-19(24)23-15-11-14(7-8-16(15)25-12)22-17(18-20-9-10-21-18)13-5-3-2-4-6-13/h2-12,17,22H,1H3,(H,20,21)(H,23,24)/t12-,17+/m0/s1. The molecule has 25 heavy (non-hydrogen) atoms. The number of H-pyrrole nitrogens is 1. The van der Waals surface area contributed by atoms with Crippen LogP contribution in [0.3, 0.4) is 0 Å². The van der Waals surface area contributed by atoms with Crippen molar-refractivity contribution >= 4 is 17.3 Å². The van der Waals surface area contributed by atoms with Gasteiger partial charge in [-0.1, -0.05) is 30.3 Å². The molecular weight excluding hydrogens is 316 g/mol. The number of hydrogen-bond acceptors (Lipinski definition) is 4. The second kappa shape index (κ2) is 6.32. The van der Waals surface area contributed by atoms with E-state index in [1.165, 1.54) is 0 Å². The number of rotatable bonds is 4. The number of imidazole rings is 1. The van der Waals surface area contributed by atoms with Gasteiger partial charge in [0.15, 0.2) is 6.10 Å². The quantitative estimate of drug-likeness (QED) is 0.684. The zero-order valence-electron chi connectivity index (χ0n) is 13.7. The predicted molar refractivity (Wildman–Crippen MR) is 95.7 cm³/mol. The van der Waals surface area contributed by atoms with Crippen molar-refractivity contribution in [2.45, 2.75) is 19.1 Å². The molecule has 2 atom stereocenters. The second-order valence-corrected chi connectivity index (χ2v) is 5.92. The Kier molecular flexibility index (Phi) is 3.85. The smallest absolute Gasteiger partial charge is 0.265 e. The van der Waals surface area contributed by atoms with Crippen molar-refractivity contribution in [3.8, 4) is 5.75 Å². The Morgan fingerprint density at radius 3 is 2.80 bits per heavy atom. The Morgan fingerprint density at radius 1 is 1.20 bits per heavy atom. The third-order valence-corrected chi connectivity index (χ3v) is 4.15. The molecule has 0 unspecified atom stereocenters. The maximum atomic E-state index is 11.8. The lowest BCUT2D eigenvalue weighted by atomic mass is 10.1. The van der Waals surface area contributed by atoms with E-state index in [4.69, 9.17) is 4.74 Å². The fourth-order valence-electron chi connectivity index (χ4n) is 2.86. The highest BCUT2D eigenvalue weighted by Crippen LogP contribution is 2.34. The van der Waals surface area contributed by atoms with Gasteiger partial charge in [-0.25, -0.2) is 4.98 Å². The summed E-state index contributed by atoms with van der Waals surface area (Å²) in [4.78, 5) is 19.4. The number of fused-ring (bicyclic) bond motifs is 1. The van der Waals surface area contributed by atoms with Gasteiger partial charge < -0.3 is 20.4 Å². The van der Waals surface area contributed by atoms with Crippen molar-refractivity contribution in [2.75, 3.05) is 10.6 Å². The number of nitrogens with zero attached hydrogens (tertiary/aromatic N) is 1. The molecule has 0 saturated carbocycles. The van der Waals surface area contributed by atoms with Gasteiger partial charge in [-0.3, -0.25) is 4.79 Å². The normalized spacial score (nSPS) is 17.2. The molecule has 0 bridgehead atoms. The van der Waals surface area contributed by atoms with Crippen molar-refractivity contribution in [1.82, 2.24) is 9.97 Å². The highest BCUT2D eigenvalue weighted by Gasteiger charge is 2.24. The summed E-state index contributed by atoms with van der Waals surface area (Å²) in [5.74, 6) is 1.35. The topological polar surface area (TPSA) is 79.0 Å². The SMILES string of the molecule is C[C@@H]1Oc2ccc(N[C@H](c3ccccc3)c3ncc[nH]3)cc2NC1=O. The fraction of sp³-hybridized carbons (Fsp3) is 0.158. The monoisotopic (exact) mass is 334 g/mol. The van der Waals surface area contributed by atoms with Crippen LogP contribution < -0.4 is 15.4 Å². The van der Waals surface area contributed by atoms with Gasteiger partial charge >= 0.3 is 0 Å². The van der Waals surface area contributed by atoms with Crippen molar-refractivity contribution in [3.63, 3.8) is 0 Å². The van der Waals surface area contributed by atoms with Crippen LogP contribution in [0.1, 0.15) is 24.4 Å². The Bertz CT molecular complexity index is 878. The maximum absolute atomic E-state index is 11.8. The minimum atomic E-state index is -0.480. The van der Waals surface area contributed by atoms with Gasteiger partial charge in [0.05, 0.1) is 5.69 Å². The summed E-state index contributed by atoms with van der Waals surface area (Å²) in [6.07, 6.45) is 3.05. The van der Waals surface area contributed by atoms with E-state index in [0.717, 1.165) is 17.1 Å². The zero-order valence-corrected chi connectivity index (χ0v) is 13.7. The Morgan fingerprint density at radius 2 is 2.04 bits per heavy atom. The predicted octanol–water partition coefficient (Wildman–Crippen LogP) is 3.33. The molecule has 3 aromatic rings. The molecule has 2 heterocycles. The highest BCUT2D eigenvalue weighted by molar-refractivity contribution is 5.98.